The fraction of sp³-hybridized carbons (Fsp3) is 0.385. The third-order valence-corrected chi connectivity index (χ3v) is 2.56. The van der Waals surface area contributed by atoms with Crippen molar-refractivity contribution in [3.05, 3.63) is 29.8 Å². The van der Waals surface area contributed by atoms with Crippen LogP contribution < -0.4 is 10.1 Å². The zero-order valence-corrected chi connectivity index (χ0v) is 11.0. The Labute approximate surface area is 112 Å². The average molecular weight is 266 g/mol. The zero-order valence-electron chi connectivity index (χ0n) is 11.0. The molecule has 1 rings (SSSR count). The lowest BCUT2D eigenvalue weighted by Crippen LogP contribution is -2.37. The van der Waals surface area contributed by atoms with Crippen LogP contribution in [-0.4, -0.2) is 42.7 Å². The highest BCUT2D eigenvalue weighted by molar-refractivity contribution is 5.75. The summed E-state index contributed by atoms with van der Waals surface area (Å²) in [5, 5.41) is 11.0. The van der Waals surface area contributed by atoms with Gasteiger partial charge in [-0.25, -0.2) is 4.79 Å². The fourth-order valence-electron chi connectivity index (χ4n) is 1.57. The minimum atomic E-state index is -0.937. The molecule has 0 aliphatic heterocycles. The second kappa shape index (κ2) is 7.25. The number of carbonyl (C=O) groups is 2. The van der Waals surface area contributed by atoms with Gasteiger partial charge in [-0.3, -0.25) is 4.79 Å². The van der Waals surface area contributed by atoms with Gasteiger partial charge < -0.3 is 20.1 Å². The van der Waals surface area contributed by atoms with Crippen LogP contribution in [0.4, 0.5) is 4.79 Å². The molecule has 1 aromatic carbocycles. The van der Waals surface area contributed by atoms with Gasteiger partial charge in [-0.1, -0.05) is 18.2 Å². The number of nitrogens with zero attached hydrogens (tertiary/aromatic N) is 1. The molecule has 0 fully saturated rings. The molecule has 6 nitrogen and oxygen atoms in total. The molecule has 104 valence electrons. The van der Waals surface area contributed by atoms with Crippen LogP contribution in [0.5, 0.6) is 5.75 Å². The summed E-state index contributed by atoms with van der Waals surface area (Å²) < 4.78 is 5.20. The van der Waals surface area contributed by atoms with E-state index in [4.69, 9.17) is 9.84 Å². The molecule has 0 aromatic heterocycles. The van der Waals surface area contributed by atoms with Gasteiger partial charge in [0.2, 0.25) is 0 Å². The van der Waals surface area contributed by atoms with Crippen molar-refractivity contribution in [2.75, 3.05) is 20.7 Å². The van der Waals surface area contributed by atoms with Crippen molar-refractivity contribution in [3.8, 4) is 5.75 Å². The molecule has 0 heterocycles. The first-order valence-electron chi connectivity index (χ1n) is 5.87. The molecule has 1 aromatic rings. The lowest BCUT2D eigenvalue weighted by Gasteiger charge is -2.19. The van der Waals surface area contributed by atoms with E-state index in [0.29, 0.717) is 12.3 Å². The maximum atomic E-state index is 11.7. The summed E-state index contributed by atoms with van der Waals surface area (Å²) in [5.74, 6) is -0.222. The number of methoxy groups -OCH3 is 1. The monoisotopic (exact) mass is 266 g/mol. The lowest BCUT2D eigenvalue weighted by atomic mass is 10.2. The number of nitrogens with one attached hydrogen (secondary N) is 1. The molecular formula is C13H18N2O4. The summed E-state index contributed by atoms with van der Waals surface area (Å²) in [6.45, 7) is 0.507. The Balaban J connectivity index is 2.51. The minimum Gasteiger partial charge on any atom is -0.496 e. The number of carboxylic acids is 1. The van der Waals surface area contributed by atoms with Crippen LogP contribution in [0.3, 0.4) is 0 Å². The predicted molar refractivity (Wildman–Crippen MR) is 70.1 cm³/mol. The van der Waals surface area contributed by atoms with Gasteiger partial charge in [0.1, 0.15) is 5.75 Å². The second-order valence-electron chi connectivity index (χ2n) is 4.04. The summed E-state index contributed by atoms with van der Waals surface area (Å²) in [6, 6.07) is 7.11. The lowest BCUT2D eigenvalue weighted by molar-refractivity contribution is -0.136. The van der Waals surface area contributed by atoms with E-state index in [2.05, 4.69) is 5.32 Å². The number of ether oxygens (including phenoxy) is 1. The Kier molecular flexibility index (Phi) is 5.66. The van der Waals surface area contributed by atoms with Gasteiger partial charge in [0.25, 0.3) is 0 Å². The summed E-state index contributed by atoms with van der Waals surface area (Å²) >= 11 is 0. The molecule has 0 atom stereocenters. The van der Waals surface area contributed by atoms with Gasteiger partial charge in [-0.05, 0) is 6.07 Å². The van der Waals surface area contributed by atoms with Gasteiger partial charge in [0, 0.05) is 19.2 Å². The molecule has 0 radical (unpaired) electrons. The van der Waals surface area contributed by atoms with Crippen LogP contribution in [-0.2, 0) is 11.3 Å². The van der Waals surface area contributed by atoms with E-state index >= 15 is 0 Å². The van der Waals surface area contributed by atoms with Crippen LogP contribution in [0.2, 0.25) is 0 Å². The van der Waals surface area contributed by atoms with E-state index in [0.717, 1.165) is 5.56 Å². The molecule has 0 spiro atoms. The molecule has 19 heavy (non-hydrogen) atoms. The van der Waals surface area contributed by atoms with E-state index in [1.54, 1.807) is 14.2 Å². The molecule has 0 bridgehead atoms. The van der Waals surface area contributed by atoms with Crippen molar-refractivity contribution in [2.24, 2.45) is 0 Å². The number of carboxylic acid groups (broad SMARTS) is 1. The highest BCUT2D eigenvalue weighted by Gasteiger charge is 2.11. The molecule has 2 amide bonds. The standard InChI is InChI=1S/C13H18N2O4/c1-15(13(18)14-8-7-12(16)17)9-10-5-3-4-6-11(10)19-2/h3-6H,7-9H2,1-2H3,(H,14,18)(H,16,17). The number of urea groups is 1. The topological polar surface area (TPSA) is 78.9 Å². The smallest absolute Gasteiger partial charge is 0.317 e. The maximum absolute atomic E-state index is 11.7. The molecule has 6 heteroatoms. The van der Waals surface area contributed by atoms with Gasteiger partial charge in [-0.2, -0.15) is 0 Å². The van der Waals surface area contributed by atoms with Crippen molar-refractivity contribution in [1.29, 1.82) is 0 Å². The normalized spacial score (nSPS) is 9.79. The number of hydrogen-bond acceptors (Lipinski definition) is 3. The van der Waals surface area contributed by atoms with E-state index < -0.39 is 5.97 Å². The van der Waals surface area contributed by atoms with Crippen LogP contribution in [0.25, 0.3) is 0 Å². The molecule has 0 unspecified atom stereocenters. The van der Waals surface area contributed by atoms with Crippen molar-refractivity contribution in [2.45, 2.75) is 13.0 Å². The number of carbonyl (C=O) groups excluding carboxylic acids is 1. The number of benzene rings is 1. The number of amides is 2. The molecule has 0 aliphatic rings. The predicted octanol–water partition coefficient (Wildman–Crippen LogP) is 1.31. The summed E-state index contributed by atoms with van der Waals surface area (Å²) in [7, 11) is 3.22. The van der Waals surface area contributed by atoms with Crippen molar-refractivity contribution in [3.63, 3.8) is 0 Å². The Bertz CT molecular complexity index is 448. The second-order valence-corrected chi connectivity index (χ2v) is 4.04. The fourth-order valence-corrected chi connectivity index (χ4v) is 1.57. The highest BCUT2D eigenvalue weighted by Crippen LogP contribution is 2.18. The molecule has 0 saturated heterocycles. The van der Waals surface area contributed by atoms with E-state index in [1.165, 1.54) is 4.90 Å². The Morgan fingerprint density at radius 2 is 2.05 bits per heavy atom. The first-order chi connectivity index (χ1) is 9.04. The summed E-state index contributed by atoms with van der Waals surface area (Å²) in [6.07, 6.45) is -0.0890. The van der Waals surface area contributed by atoms with Crippen molar-refractivity contribution < 1.29 is 19.4 Å². The van der Waals surface area contributed by atoms with Crippen LogP contribution in [0, 0.1) is 0 Å². The number of hydrogen-bond donors (Lipinski definition) is 2. The number of para-hydroxylation sites is 1. The van der Waals surface area contributed by atoms with E-state index in [9.17, 15) is 9.59 Å². The maximum Gasteiger partial charge on any atom is 0.317 e. The molecule has 2 N–H and O–H groups in total. The van der Waals surface area contributed by atoms with E-state index in [1.807, 2.05) is 24.3 Å². The first kappa shape index (κ1) is 14.8. The quantitative estimate of drug-likeness (QED) is 0.813. The molecule has 0 saturated carbocycles. The Morgan fingerprint density at radius 3 is 2.68 bits per heavy atom. The van der Waals surface area contributed by atoms with Crippen molar-refractivity contribution >= 4 is 12.0 Å². The van der Waals surface area contributed by atoms with Gasteiger partial charge >= 0.3 is 12.0 Å². The van der Waals surface area contributed by atoms with E-state index in [-0.39, 0.29) is 19.0 Å². The van der Waals surface area contributed by atoms with Gasteiger partial charge in [0.05, 0.1) is 20.1 Å². The highest BCUT2D eigenvalue weighted by atomic mass is 16.5. The number of rotatable bonds is 6. The third kappa shape index (κ3) is 4.87. The summed E-state index contributed by atoms with van der Waals surface area (Å²) in [5.41, 5.74) is 0.890. The minimum absolute atomic E-state index is 0.0890. The largest absolute Gasteiger partial charge is 0.496 e. The van der Waals surface area contributed by atoms with Crippen LogP contribution in [0.15, 0.2) is 24.3 Å². The average Bonchev–Trinajstić information content (AvgIpc) is 2.38. The zero-order chi connectivity index (χ0) is 14.3. The van der Waals surface area contributed by atoms with Crippen LogP contribution in [0.1, 0.15) is 12.0 Å². The van der Waals surface area contributed by atoms with Gasteiger partial charge in [-0.15, -0.1) is 0 Å². The third-order valence-electron chi connectivity index (χ3n) is 2.56. The first-order valence-corrected chi connectivity index (χ1v) is 5.87. The van der Waals surface area contributed by atoms with Gasteiger partial charge in [0.15, 0.2) is 0 Å². The molecular weight excluding hydrogens is 248 g/mol. The number of aliphatic carboxylic acids is 1. The Morgan fingerprint density at radius 1 is 1.37 bits per heavy atom. The van der Waals surface area contributed by atoms with Crippen LogP contribution >= 0.6 is 0 Å². The SMILES string of the molecule is COc1ccccc1CN(C)C(=O)NCCC(=O)O. The van der Waals surface area contributed by atoms with Crippen molar-refractivity contribution in [1.82, 2.24) is 10.2 Å². The molecule has 0 aliphatic carbocycles. The Hall–Kier alpha value is -2.24. The summed E-state index contributed by atoms with van der Waals surface area (Å²) in [4.78, 5) is 23.5.